The van der Waals surface area contributed by atoms with Crippen LogP contribution in [0.3, 0.4) is 0 Å². The van der Waals surface area contributed by atoms with Crippen LogP contribution in [0.5, 0.6) is 0 Å². The van der Waals surface area contributed by atoms with Gasteiger partial charge in [-0.15, -0.1) is 0 Å². The first kappa shape index (κ1) is 17.0. The normalized spacial score (nSPS) is 55.0. The highest BCUT2D eigenvalue weighted by molar-refractivity contribution is 5.91. The molecule has 146 valence electrons. The van der Waals surface area contributed by atoms with Crippen molar-refractivity contribution in [2.45, 2.75) is 57.5 Å². The fourth-order valence-electron chi connectivity index (χ4n) is 9.00. The third kappa shape index (κ3) is 1.93. The van der Waals surface area contributed by atoms with E-state index in [2.05, 4.69) is 19.1 Å². The first-order valence-electron chi connectivity index (χ1n) is 11.3. The van der Waals surface area contributed by atoms with Gasteiger partial charge in [-0.3, -0.25) is 4.79 Å². The third-order valence-corrected chi connectivity index (χ3v) is 9.84. The lowest BCUT2D eigenvalue weighted by Crippen LogP contribution is -2.56. The molecule has 1 aliphatic heterocycles. The monoisotopic (exact) mass is 368 g/mol. The van der Waals surface area contributed by atoms with Gasteiger partial charge in [0.25, 0.3) is 0 Å². The summed E-state index contributed by atoms with van der Waals surface area (Å²) in [6, 6.07) is 0. The molecular weight excluding hydrogens is 336 g/mol. The Balaban J connectivity index is 1.42. The quantitative estimate of drug-likeness (QED) is 0.752. The average molecular weight is 369 g/mol. The van der Waals surface area contributed by atoms with E-state index in [-0.39, 0.29) is 23.9 Å². The number of carbonyl (C=O) groups is 1. The van der Waals surface area contributed by atoms with E-state index in [1.54, 1.807) is 0 Å². The predicted molar refractivity (Wildman–Crippen MR) is 103 cm³/mol. The maximum atomic E-state index is 12.1. The van der Waals surface area contributed by atoms with E-state index in [1.807, 2.05) is 6.08 Å². The van der Waals surface area contributed by atoms with Crippen LogP contribution in [0.4, 0.5) is 0 Å². The van der Waals surface area contributed by atoms with Crippen molar-refractivity contribution >= 4 is 5.78 Å². The van der Waals surface area contributed by atoms with E-state index in [0.717, 1.165) is 43.1 Å². The molecule has 0 bridgehead atoms. The van der Waals surface area contributed by atoms with Gasteiger partial charge in [0.05, 0.1) is 12.2 Å². The van der Waals surface area contributed by atoms with E-state index in [4.69, 9.17) is 4.74 Å². The second kappa shape index (κ2) is 5.57. The van der Waals surface area contributed by atoms with Crippen molar-refractivity contribution in [1.82, 2.24) is 0 Å². The van der Waals surface area contributed by atoms with Crippen LogP contribution in [0.15, 0.2) is 23.8 Å². The number of ketones is 1. The summed E-state index contributed by atoms with van der Waals surface area (Å²) in [6.45, 7) is 3.40. The molecule has 0 aromatic rings. The number of carbonyl (C=O) groups excluding carboxylic acids is 1. The van der Waals surface area contributed by atoms with Crippen molar-refractivity contribution in [2.75, 3.05) is 13.2 Å². The van der Waals surface area contributed by atoms with Crippen molar-refractivity contribution in [3.8, 4) is 0 Å². The van der Waals surface area contributed by atoms with Crippen LogP contribution in [0.2, 0.25) is 0 Å². The molecule has 27 heavy (non-hydrogen) atoms. The van der Waals surface area contributed by atoms with Gasteiger partial charge in [0.1, 0.15) is 0 Å². The molecule has 3 unspecified atom stereocenters. The summed E-state index contributed by atoms with van der Waals surface area (Å²) >= 11 is 0. The summed E-state index contributed by atoms with van der Waals surface area (Å²) < 4.78 is 6.56. The van der Waals surface area contributed by atoms with Crippen LogP contribution < -0.4 is 0 Å². The van der Waals surface area contributed by atoms with E-state index in [1.165, 1.54) is 31.3 Å². The maximum Gasteiger partial charge on any atom is 0.155 e. The smallest absolute Gasteiger partial charge is 0.155 e. The SMILES string of the molecule is CC[C@]12CCC3C(C[C@H](CO)C4=CC(=O)CC[C@@H]43)C1[C@H]1C[C@H]1[C@@]21C=CCO1. The molecule has 5 aliphatic carbocycles. The molecule has 6 rings (SSSR count). The van der Waals surface area contributed by atoms with Crippen molar-refractivity contribution in [1.29, 1.82) is 0 Å². The van der Waals surface area contributed by atoms with Crippen LogP contribution in [-0.2, 0) is 9.53 Å². The van der Waals surface area contributed by atoms with Crippen LogP contribution in [-0.4, -0.2) is 29.7 Å². The number of aliphatic hydroxyl groups excluding tert-OH is 1. The molecule has 3 heteroatoms. The van der Waals surface area contributed by atoms with Gasteiger partial charge in [0.15, 0.2) is 5.78 Å². The Morgan fingerprint density at radius 3 is 2.85 bits per heavy atom. The number of aliphatic hydroxyl groups is 1. The standard InChI is InChI=1S/C24H32O3/c1-2-23-8-6-17-16-5-4-15(26)11-18(16)14(13-25)10-19(17)22(23)20-12-21(20)24(23)7-3-9-27-24/h3,7,11,14,16-17,19-22,25H,2,4-6,8-10,12-13H2,1H3/t14-,16-,17?,19?,20+,21-,22?,23+,24+/m1/s1. The molecule has 0 amide bonds. The Bertz CT molecular complexity index is 738. The minimum absolute atomic E-state index is 0.00934. The highest BCUT2D eigenvalue weighted by Crippen LogP contribution is 2.78. The Morgan fingerprint density at radius 1 is 1.22 bits per heavy atom. The van der Waals surface area contributed by atoms with Gasteiger partial charge in [-0.2, -0.15) is 0 Å². The molecule has 9 atom stereocenters. The van der Waals surface area contributed by atoms with E-state index < -0.39 is 0 Å². The highest BCUT2D eigenvalue weighted by Gasteiger charge is 2.77. The summed E-state index contributed by atoms with van der Waals surface area (Å²) in [5.74, 6) is 4.78. The average Bonchev–Trinajstić information content (AvgIpc) is 3.25. The Morgan fingerprint density at radius 2 is 2.11 bits per heavy atom. The predicted octanol–water partition coefficient (Wildman–Crippen LogP) is 3.92. The van der Waals surface area contributed by atoms with E-state index in [0.29, 0.717) is 23.7 Å². The minimum atomic E-state index is 0.00934. The number of hydrogen-bond acceptors (Lipinski definition) is 3. The summed E-state index contributed by atoms with van der Waals surface area (Å²) in [4.78, 5) is 12.1. The maximum absolute atomic E-state index is 12.1. The highest BCUT2D eigenvalue weighted by atomic mass is 16.5. The van der Waals surface area contributed by atoms with Crippen molar-refractivity contribution in [3.63, 3.8) is 0 Å². The van der Waals surface area contributed by atoms with Gasteiger partial charge in [-0.05, 0) is 80.1 Å². The molecular formula is C24H32O3. The van der Waals surface area contributed by atoms with Gasteiger partial charge in [0.2, 0.25) is 0 Å². The number of hydrogen-bond donors (Lipinski definition) is 1. The summed E-state index contributed by atoms with van der Waals surface area (Å²) in [6.07, 6.45) is 14.6. The lowest BCUT2D eigenvalue weighted by atomic mass is 9.46. The fraction of sp³-hybridized carbons (Fsp3) is 0.792. The molecule has 1 heterocycles. The summed E-state index contributed by atoms with van der Waals surface area (Å²) in [7, 11) is 0. The van der Waals surface area contributed by atoms with Crippen LogP contribution >= 0.6 is 0 Å². The third-order valence-electron chi connectivity index (χ3n) is 9.84. The van der Waals surface area contributed by atoms with Crippen LogP contribution in [0, 0.1) is 46.8 Å². The molecule has 0 aromatic heterocycles. The molecule has 1 spiro atoms. The van der Waals surface area contributed by atoms with Gasteiger partial charge < -0.3 is 9.84 Å². The largest absolute Gasteiger partial charge is 0.396 e. The first-order valence-corrected chi connectivity index (χ1v) is 11.3. The zero-order chi connectivity index (χ0) is 18.4. The zero-order valence-electron chi connectivity index (χ0n) is 16.4. The Labute approximate surface area is 162 Å². The number of ether oxygens (including phenoxy) is 1. The molecule has 4 fully saturated rings. The van der Waals surface area contributed by atoms with Crippen molar-refractivity contribution in [3.05, 3.63) is 23.8 Å². The lowest BCUT2D eigenvalue weighted by molar-refractivity contribution is -0.146. The summed E-state index contributed by atoms with van der Waals surface area (Å²) in [5.41, 5.74) is 1.62. The molecule has 3 nitrogen and oxygen atoms in total. The number of rotatable bonds is 2. The molecule has 1 N–H and O–H groups in total. The molecule has 0 radical (unpaired) electrons. The van der Waals surface area contributed by atoms with Gasteiger partial charge >= 0.3 is 0 Å². The Hall–Kier alpha value is -0.930. The van der Waals surface area contributed by atoms with Crippen molar-refractivity contribution in [2.24, 2.45) is 46.8 Å². The van der Waals surface area contributed by atoms with Gasteiger partial charge in [-0.1, -0.05) is 24.6 Å². The second-order valence-corrected chi connectivity index (χ2v) is 10.3. The van der Waals surface area contributed by atoms with E-state index >= 15 is 0 Å². The van der Waals surface area contributed by atoms with Gasteiger partial charge in [-0.25, -0.2) is 0 Å². The number of fused-ring (bicyclic) bond motifs is 9. The van der Waals surface area contributed by atoms with Gasteiger partial charge in [0, 0.05) is 24.4 Å². The van der Waals surface area contributed by atoms with Crippen LogP contribution in [0.1, 0.15) is 51.9 Å². The zero-order valence-corrected chi connectivity index (χ0v) is 16.4. The second-order valence-electron chi connectivity index (χ2n) is 10.3. The van der Waals surface area contributed by atoms with Crippen molar-refractivity contribution < 1.29 is 14.6 Å². The van der Waals surface area contributed by atoms with Crippen LogP contribution in [0.25, 0.3) is 0 Å². The fourth-order valence-corrected chi connectivity index (χ4v) is 9.00. The Kier molecular flexibility index (Phi) is 3.50. The summed E-state index contributed by atoms with van der Waals surface area (Å²) in [5, 5.41) is 10.2. The molecule has 0 aromatic carbocycles. The first-order chi connectivity index (χ1) is 13.1. The molecule has 4 saturated carbocycles. The van der Waals surface area contributed by atoms with E-state index in [9.17, 15) is 9.90 Å². The lowest BCUT2D eigenvalue weighted by Gasteiger charge is -2.59. The molecule has 0 saturated heterocycles. The minimum Gasteiger partial charge on any atom is -0.396 e. The molecule has 6 aliphatic rings. The topological polar surface area (TPSA) is 46.5 Å².